The Morgan fingerprint density at radius 2 is 1.50 bits per heavy atom. The van der Waals surface area contributed by atoms with E-state index in [1.165, 1.54) is 23.1 Å². The third-order valence-electron chi connectivity index (χ3n) is 7.50. The molecule has 4 aromatic rings. The van der Waals surface area contributed by atoms with Crippen molar-refractivity contribution in [2.45, 2.75) is 51.1 Å². The topological polar surface area (TPSA) is 86.8 Å². The van der Waals surface area contributed by atoms with E-state index in [1.54, 1.807) is 49.4 Å². The number of amides is 2. The van der Waals surface area contributed by atoms with E-state index in [0.29, 0.717) is 39.2 Å². The monoisotopic (exact) mass is 699 g/mol. The van der Waals surface area contributed by atoms with Gasteiger partial charge in [-0.25, -0.2) is 8.42 Å². The fraction of sp³-hybridized carbons (Fsp3) is 0.257. The summed E-state index contributed by atoms with van der Waals surface area (Å²) in [7, 11) is -4.26. The second-order valence-corrected chi connectivity index (χ2v) is 14.2. The summed E-state index contributed by atoms with van der Waals surface area (Å²) >= 11 is 19.1. The molecule has 11 heteroatoms. The molecular formula is C35H36Cl3N3O4S. The van der Waals surface area contributed by atoms with Crippen LogP contribution < -0.4 is 9.62 Å². The Labute approximate surface area is 286 Å². The van der Waals surface area contributed by atoms with Crippen LogP contribution in [0.3, 0.4) is 0 Å². The molecule has 242 valence electrons. The minimum Gasteiger partial charge on any atom is -0.354 e. The molecule has 7 nitrogen and oxygen atoms in total. The molecule has 0 unspecified atom stereocenters. The molecule has 46 heavy (non-hydrogen) atoms. The van der Waals surface area contributed by atoms with Crippen LogP contribution in [0.5, 0.6) is 0 Å². The van der Waals surface area contributed by atoms with Crippen LogP contribution in [-0.2, 0) is 32.6 Å². The number of benzene rings is 4. The molecule has 1 N–H and O–H groups in total. The van der Waals surface area contributed by atoms with Crippen LogP contribution >= 0.6 is 34.8 Å². The highest BCUT2D eigenvalue weighted by Crippen LogP contribution is 2.31. The molecule has 0 spiro atoms. The van der Waals surface area contributed by atoms with Gasteiger partial charge in [-0.05, 0) is 73.4 Å². The van der Waals surface area contributed by atoms with Gasteiger partial charge in [0.15, 0.2) is 0 Å². The summed E-state index contributed by atoms with van der Waals surface area (Å²) < 4.78 is 29.6. The van der Waals surface area contributed by atoms with Gasteiger partial charge in [0.25, 0.3) is 10.0 Å². The maximum absolute atomic E-state index is 14.6. The van der Waals surface area contributed by atoms with Gasteiger partial charge in [-0.2, -0.15) is 0 Å². The fourth-order valence-electron chi connectivity index (χ4n) is 4.96. The van der Waals surface area contributed by atoms with Crippen LogP contribution in [0.4, 0.5) is 5.69 Å². The van der Waals surface area contributed by atoms with Crippen molar-refractivity contribution in [1.82, 2.24) is 10.2 Å². The first-order chi connectivity index (χ1) is 21.9. The van der Waals surface area contributed by atoms with Crippen LogP contribution in [0.2, 0.25) is 15.1 Å². The predicted molar refractivity (Wildman–Crippen MR) is 186 cm³/mol. The van der Waals surface area contributed by atoms with Gasteiger partial charge < -0.3 is 10.2 Å². The van der Waals surface area contributed by atoms with Crippen molar-refractivity contribution in [2.75, 3.05) is 17.4 Å². The van der Waals surface area contributed by atoms with Crippen molar-refractivity contribution in [1.29, 1.82) is 0 Å². The number of hydrogen-bond donors (Lipinski definition) is 1. The molecule has 0 saturated heterocycles. The van der Waals surface area contributed by atoms with Crippen molar-refractivity contribution in [3.8, 4) is 0 Å². The van der Waals surface area contributed by atoms with Crippen LogP contribution in [0.25, 0.3) is 0 Å². The molecule has 0 saturated carbocycles. The standard InChI is InChI=1S/C35H36Cl3N3O4S/c1-4-18-39-35(43)33(19-26-8-6-5-7-9-26)40(22-27-13-15-28(36)20-31(27)38)34(42)23-41(32-21-29(37)14-12-25(32)3)46(44,45)30-16-10-24(2)11-17-30/h5-17,20-21,33H,4,18-19,22-23H2,1-3H3,(H,39,43)/t33-/m0/s1. The maximum atomic E-state index is 14.6. The number of hydrogen-bond acceptors (Lipinski definition) is 4. The van der Waals surface area contributed by atoms with Gasteiger partial charge in [-0.1, -0.05) is 102 Å². The van der Waals surface area contributed by atoms with E-state index in [9.17, 15) is 18.0 Å². The molecule has 0 radical (unpaired) electrons. The molecule has 4 rings (SSSR count). The zero-order chi connectivity index (χ0) is 33.4. The molecule has 0 aromatic heterocycles. The molecule has 2 amide bonds. The molecule has 1 atom stereocenters. The largest absolute Gasteiger partial charge is 0.354 e. The number of halogens is 3. The molecule has 0 heterocycles. The van der Waals surface area contributed by atoms with Crippen molar-refractivity contribution in [3.63, 3.8) is 0 Å². The lowest BCUT2D eigenvalue weighted by Gasteiger charge is -2.34. The molecule has 4 aromatic carbocycles. The smallest absolute Gasteiger partial charge is 0.264 e. The van der Waals surface area contributed by atoms with Crippen molar-refractivity contribution in [3.05, 3.63) is 128 Å². The summed E-state index contributed by atoms with van der Waals surface area (Å²) in [6.45, 7) is 5.27. The molecule has 0 fully saturated rings. The summed E-state index contributed by atoms with van der Waals surface area (Å²) in [5.74, 6) is -0.968. The first-order valence-electron chi connectivity index (χ1n) is 14.8. The second kappa shape index (κ2) is 15.8. The molecular weight excluding hydrogens is 665 g/mol. The molecule has 0 aliphatic rings. The fourth-order valence-corrected chi connectivity index (χ4v) is 7.06. The Morgan fingerprint density at radius 3 is 2.15 bits per heavy atom. The van der Waals surface area contributed by atoms with Crippen molar-refractivity contribution >= 4 is 62.3 Å². The third-order valence-corrected chi connectivity index (χ3v) is 10.1. The van der Waals surface area contributed by atoms with Crippen LogP contribution in [0.1, 0.15) is 35.6 Å². The Hall–Kier alpha value is -3.56. The zero-order valence-electron chi connectivity index (χ0n) is 25.8. The molecule has 0 aliphatic heterocycles. The highest BCUT2D eigenvalue weighted by molar-refractivity contribution is 7.92. The van der Waals surface area contributed by atoms with Gasteiger partial charge in [-0.3, -0.25) is 13.9 Å². The van der Waals surface area contributed by atoms with Crippen molar-refractivity contribution in [2.24, 2.45) is 0 Å². The summed E-state index contributed by atoms with van der Waals surface area (Å²) in [5, 5.41) is 3.96. The summed E-state index contributed by atoms with van der Waals surface area (Å²) in [6, 6.07) is 24.5. The first kappa shape index (κ1) is 35.3. The first-order valence-corrected chi connectivity index (χ1v) is 17.4. The number of nitrogens with one attached hydrogen (secondary N) is 1. The Balaban J connectivity index is 1.85. The van der Waals surface area contributed by atoms with Crippen LogP contribution in [-0.4, -0.2) is 44.3 Å². The lowest BCUT2D eigenvalue weighted by Crippen LogP contribution is -2.53. The van der Waals surface area contributed by atoms with Gasteiger partial charge in [0.1, 0.15) is 12.6 Å². The Bertz CT molecular complexity index is 1790. The quantitative estimate of drug-likeness (QED) is 0.156. The SMILES string of the molecule is CCCNC(=O)[C@H](Cc1ccccc1)N(Cc1ccc(Cl)cc1Cl)C(=O)CN(c1cc(Cl)ccc1C)S(=O)(=O)c1ccc(C)cc1. The number of aryl methyl sites for hydroxylation is 2. The summed E-state index contributed by atoms with van der Waals surface area (Å²) in [5.41, 5.74) is 3.11. The molecule has 0 aliphatic carbocycles. The van der Waals surface area contributed by atoms with Gasteiger partial charge >= 0.3 is 0 Å². The number of carbonyl (C=O) groups is 2. The van der Waals surface area contributed by atoms with E-state index in [2.05, 4.69) is 5.32 Å². The highest BCUT2D eigenvalue weighted by atomic mass is 35.5. The molecule has 0 bridgehead atoms. The van der Waals surface area contributed by atoms with Gasteiger partial charge in [-0.15, -0.1) is 0 Å². The van der Waals surface area contributed by atoms with Crippen LogP contribution in [0, 0.1) is 13.8 Å². The highest BCUT2D eigenvalue weighted by Gasteiger charge is 2.35. The van der Waals surface area contributed by atoms with E-state index < -0.39 is 28.5 Å². The zero-order valence-corrected chi connectivity index (χ0v) is 28.9. The number of rotatable bonds is 13. The second-order valence-electron chi connectivity index (χ2n) is 11.0. The lowest BCUT2D eigenvalue weighted by atomic mass is 10.0. The Morgan fingerprint density at radius 1 is 0.848 bits per heavy atom. The lowest BCUT2D eigenvalue weighted by molar-refractivity contribution is -0.140. The summed E-state index contributed by atoms with van der Waals surface area (Å²) in [4.78, 5) is 29.8. The van der Waals surface area contributed by atoms with Crippen molar-refractivity contribution < 1.29 is 18.0 Å². The van der Waals surface area contributed by atoms with E-state index in [-0.39, 0.29) is 29.5 Å². The number of nitrogens with zero attached hydrogens (tertiary/aromatic N) is 2. The third kappa shape index (κ3) is 8.82. The van der Waals surface area contributed by atoms with Gasteiger partial charge in [0.2, 0.25) is 11.8 Å². The van der Waals surface area contributed by atoms with E-state index in [1.807, 2.05) is 44.2 Å². The maximum Gasteiger partial charge on any atom is 0.264 e. The van der Waals surface area contributed by atoms with Gasteiger partial charge in [0.05, 0.1) is 10.6 Å². The van der Waals surface area contributed by atoms with Gasteiger partial charge in [0, 0.05) is 34.6 Å². The average molecular weight is 701 g/mol. The summed E-state index contributed by atoms with van der Waals surface area (Å²) in [6.07, 6.45) is 0.881. The number of sulfonamides is 1. The number of carbonyl (C=O) groups excluding carboxylic acids is 2. The van der Waals surface area contributed by atoms with E-state index in [0.717, 1.165) is 15.4 Å². The predicted octanol–water partition coefficient (Wildman–Crippen LogP) is 7.63. The normalized spacial score (nSPS) is 12.0. The average Bonchev–Trinajstić information content (AvgIpc) is 3.03. The minimum absolute atomic E-state index is 0.0131. The van der Waals surface area contributed by atoms with E-state index >= 15 is 0 Å². The number of anilines is 1. The minimum atomic E-state index is -4.26. The van der Waals surface area contributed by atoms with E-state index in [4.69, 9.17) is 34.8 Å². The van der Waals surface area contributed by atoms with Crippen LogP contribution in [0.15, 0.2) is 95.9 Å². The Kier molecular flexibility index (Phi) is 12.1.